The molecule has 0 amide bonds. The third-order valence-corrected chi connectivity index (χ3v) is 3.75. The van der Waals surface area contributed by atoms with Gasteiger partial charge in [-0.15, -0.1) is 0 Å². The van der Waals surface area contributed by atoms with Gasteiger partial charge < -0.3 is 5.73 Å². The standard InChI is InChI=1S/C18H23N3O/c1-4-5-6-15(10-9-14-7-8-14)17(13(3)22)16-12(2)20-11-21-18(16)19/h11,14H,4-8H2,1-3H3,(H2,19,20,21)/b17-15+. The van der Waals surface area contributed by atoms with Gasteiger partial charge in [-0.3, -0.25) is 4.79 Å². The molecule has 0 aliphatic heterocycles. The highest BCUT2D eigenvalue weighted by atomic mass is 16.1. The molecule has 0 bridgehead atoms. The van der Waals surface area contributed by atoms with E-state index in [2.05, 4.69) is 28.7 Å². The van der Waals surface area contributed by atoms with Crippen LogP contribution in [0.5, 0.6) is 0 Å². The molecular weight excluding hydrogens is 274 g/mol. The quantitative estimate of drug-likeness (QED) is 0.668. The van der Waals surface area contributed by atoms with Gasteiger partial charge in [-0.25, -0.2) is 9.97 Å². The van der Waals surface area contributed by atoms with Crippen molar-refractivity contribution in [3.63, 3.8) is 0 Å². The molecule has 1 fully saturated rings. The fourth-order valence-electron chi connectivity index (χ4n) is 2.36. The largest absolute Gasteiger partial charge is 0.383 e. The van der Waals surface area contributed by atoms with Gasteiger partial charge in [0.05, 0.1) is 5.69 Å². The first-order valence-electron chi connectivity index (χ1n) is 7.87. The van der Waals surface area contributed by atoms with Gasteiger partial charge in [-0.2, -0.15) is 0 Å². The summed E-state index contributed by atoms with van der Waals surface area (Å²) in [5.74, 6) is 7.33. The van der Waals surface area contributed by atoms with Gasteiger partial charge in [0.15, 0.2) is 5.78 Å². The summed E-state index contributed by atoms with van der Waals surface area (Å²) in [7, 11) is 0. The van der Waals surface area contributed by atoms with Gasteiger partial charge in [0.25, 0.3) is 0 Å². The van der Waals surface area contributed by atoms with Gasteiger partial charge in [-0.1, -0.05) is 25.2 Å². The first-order valence-corrected chi connectivity index (χ1v) is 7.87. The number of carbonyl (C=O) groups excluding carboxylic acids is 1. The number of aromatic nitrogens is 2. The number of hydrogen-bond donors (Lipinski definition) is 1. The van der Waals surface area contributed by atoms with Crippen LogP contribution in [0.2, 0.25) is 0 Å². The number of hydrogen-bond acceptors (Lipinski definition) is 4. The molecule has 4 heteroatoms. The summed E-state index contributed by atoms with van der Waals surface area (Å²) < 4.78 is 0. The van der Waals surface area contributed by atoms with Crippen molar-refractivity contribution >= 4 is 17.2 Å². The molecule has 0 radical (unpaired) electrons. The smallest absolute Gasteiger partial charge is 0.161 e. The van der Waals surface area contributed by atoms with Crippen molar-refractivity contribution in [1.82, 2.24) is 9.97 Å². The molecule has 0 saturated heterocycles. The van der Waals surface area contributed by atoms with E-state index in [-0.39, 0.29) is 5.78 Å². The van der Waals surface area contributed by atoms with Gasteiger partial charge in [0.2, 0.25) is 0 Å². The Morgan fingerprint density at radius 3 is 2.68 bits per heavy atom. The zero-order chi connectivity index (χ0) is 16.1. The van der Waals surface area contributed by atoms with Gasteiger partial charge >= 0.3 is 0 Å². The Hall–Kier alpha value is -2.15. The molecular formula is C18H23N3O. The SMILES string of the molecule is CCCC/C(C#CC1CC1)=C(/C(C)=O)c1c(C)ncnc1N. The number of nitrogen functional groups attached to an aromatic ring is 1. The third kappa shape index (κ3) is 3.94. The van der Waals surface area contributed by atoms with E-state index in [9.17, 15) is 4.79 Å². The molecule has 4 nitrogen and oxygen atoms in total. The molecule has 1 aliphatic carbocycles. The Morgan fingerprint density at radius 2 is 2.14 bits per heavy atom. The molecule has 1 aromatic rings. The summed E-state index contributed by atoms with van der Waals surface area (Å²) in [5, 5.41) is 0. The van der Waals surface area contributed by atoms with E-state index in [1.807, 2.05) is 6.92 Å². The number of allylic oxidation sites excluding steroid dienone is 2. The Labute approximate surface area is 132 Å². The highest BCUT2D eigenvalue weighted by Crippen LogP contribution is 2.30. The molecule has 2 N–H and O–H groups in total. The van der Waals surface area contributed by atoms with E-state index >= 15 is 0 Å². The predicted molar refractivity (Wildman–Crippen MR) is 88.8 cm³/mol. The zero-order valence-corrected chi connectivity index (χ0v) is 13.6. The number of Topliss-reactive ketones (excluding diaryl/α,β-unsaturated/α-hetero) is 1. The number of ketones is 1. The number of carbonyl (C=O) groups is 1. The highest BCUT2D eigenvalue weighted by molar-refractivity contribution is 6.22. The van der Waals surface area contributed by atoms with E-state index in [0.717, 1.165) is 30.5 Å². The second kappa shape index (κ2) is 7.22. The van der Waals surface area contributed by atoms with Crippen LogP contribution in [0.3, 0.4) is 0 Å². The van der Waals surface area contributed by atoms with Crippen molar-refractivity contribution in [3.05, 3.63) is 23.2 Å². The van der Waals surface area contributed by atoms with E-state index in [1.54, 1.807) is 6.92 Å². The number of nitrogens with zero attached hydrogens (tertiary/aromatic N) is 2. The first kappa shape index (κ1) is 16.2. The lowest BCUT2D eigenvalue weighted by Crippen LogP contribution is -2.08. The molecule has 1 heterocycles. The van der Waals surface area contributed by atoms with E-state index in [1.165, 1.54) is 19.2 Å². The van der Waals surface area contributed by atoms with Gasteiger partial charge in [0.1, 0.15) is 12.1 Å². The molecule has 116 valence electrons. The normalized spacial score (nSPS) is 14.9. The second-order valence-electron chi connectivity index (χ2n) is 5.78. The summed E-state index contributed by atoms with van der Waals surface area (Å²) in [6.45, 7) is 5.54. The van der Waals surface area contributed by atoms with Gasteiger partial charge in [-0.05, 0) is 39.5 Å². The lowest BCUT2D eigenvalue weighted by molar-refractivity contribution is -0.111. The lowest BCUT2D eigenvalue weighted by Gasteiger charge is -2.13. The Morgan fingerprint density at radius 1 is 1.41 bits per heavy atom. The number of unbranched alkanes of at least 4 members (excludes halogenated alkanes) is 1. The molecule has 0 unspecified atom stereocenters. The summed E-state index contributed by atoms with van der Waals surface area (Å²) in [6, 6.07) is 0. The summed E-state index contributed by atoms with van der Waals surface area (Å²) in [4.78, 5) is 20.5. The Balaban J connectivity index is 2.57. The summed E-state index contributed by atoms with van der Waals surface area (Å²) in [6.07, 6.45) is 6.60. The number of aryl methyl sites for hydroxylation is 1. The van der Waals surface area contributed by atoms with Crippen LogP contribution in [0.25, 0.3) is 5.57 Å². The molecule has 1 aromatic heterocycles. The van der Waals surface area contributed by atoms with Crippen LogP contribution in [0.4, 0.5) is 5.82 Å². The monoisotopic (exact) mass is 297 g/mol. The molecule has 0 atom stereocenters. The number of rotatable bonds is 5. The maximum Gasteiger partial charge on any atom is 0.161 e. The van der Waals surface area contributed by atoms with Gasteiger partial charge in [0, 0.05) is 22.6 Å². The van der Waals surface area contributed by atoms with E-state index < -0.39 is 0 Å². The third-order valence-electron chi connectivity index (χ3n) is 3.75. The number of anilines is 1. The van der Waals surface area contributed by atoms with Crippen LogP contribution < -0.4 is 5.73 Å². The molecule has 0 spiro atoms. The Bertz CT molecular complexity index is 640. The molecule has 0 aromatic carbocycles. The topological polar surface area (TPSA) is 68.9 Å². The Kier molecular flexibility index (Phi) is 5.32. The fourth-order valence-corrected chi connectivity index (χ4v) is 2.36. The van der Waals surface area contributed by atoms with E-state index in [0.29, 0.717) is 22.9 Å². The fraction of sp³-hybridized carbons (Fsp3) is 0.500. The lowest BCUT2D eigenvalue weighted by atomic mass is 9.93. The predicted octanol–water partition coefficient (Wildman–Crippen LogP) is 3.31. The van der Waals surface area contributed by atoms with Crippen LogP contribution in [0, 0.1) is 24.7 Å². The first-order chi connectivity index (χ1) is 10.5. The summed E-state index contributed by atoms with van der Waals surface area (Å²) >= 11 is 0. The average Bonchev–Trinajstić information content (AvgIpc) is 3.28. The second-order valence-corrected chi connectivity index (χ2v) is 5.78. The minimum Gasteiger partial charge on any atom is -0.383 e. The zero-order valence-electron chi connectivity index (χ0n) is 13.6. The minimum absolute atomic E-state index is 0.0270. The van der Waals surface area contributed by atoms with Crippen molar-refractivity contribution in [1.29, 1.82) is 0 Å². The van der Waals surface area contributed by atoms with Crippen LogP contribution in [-0.2, 0) is 4.79 Å². The molecule has 22 heavy (non-hydrogen) atoms. The maximum atomic E-state index is 12.3. The van der Waals surface area contributed by atoms with Crippen molar-refractivity contribution in [2.75, 3.05) is 5.73 Å². The summed E-state index contributed by atoms with van der Waals surface area (Å²) in [5.41, 5.74) is 8.85. The van der Waals surface area contributed by atoms with Crippen LogP contribution in [-0.4, -0.2) is 15.8 Å². The van der Waals surface area contributed by atoms with Crippen molar-refractivity contribution in [2.45, 2.75) is 52.9 Å². The van der Waals surface area contributed by atoms with Crippen molar-refractivity contribution in [2.24, 2.45) is 5.92 Å². The average molecular weight is 297 g/mol. The van der Waals surface area contributed by atoms with Crippen molar-refractivity contribution < 1.29 is 4.79 Å². The highest BCUT2D eigenvalue weighted by Gasteiger charge is 2.21. The molecule has 1 saturated carbocycles. The van der Waals surface area contributed by atoms with Crippen LogP contribution in [0.15, 0.2) is 11.9 Å². The van der Waals surface area contributed by atoms with Crippen molar-refractivity contribution in [3.8, 4) is 11.8 Å². The van der Waals surface area contributed by atoms with Crippen LogP contribution >= 0.6 is 0 Å². The maximum absolute atomic E-state index is 12.3. The molecule has 2 rings (SSSR count). The van der Waals surface area contributed by atoms with E-state index in [4.69, 9.17) is 5.73 Å². The van der Waals surface area contributed by atoms with Crippen LogP contribution in [0.1, 0.15) is 57.2 Å². The minimum atomic E-state index is -0.0270. The molecule has 1 aliphatic rings. The number of nitrogens with two attached hydrogens (primary N) is 1.